The molecule has 3 heterocycles. The molecule has 2 aliphatic heterocycles. The molecule has 1 aromatic rings. The van der Waals surface area contributed by atoms with Crippen LogP contribution in [0.25, 0.3) is 0 Å². The van der Waals surface area contributed by atoms with Crippen LogP contribution in [-0.4, -0.2) is 47.5 Å². The van der Waals surface area contributed by atoms with Crippen LogP contribution >= 0.6 is 11.8 Å². The second-order valence-corrected chi connectivity index (χ2v) is 8.35. The van der Waals surface area contributed by atoms with Gasteiger partial charge in [-0.15, -0.1) is 11.8 Å². The van der Waals surface area contributed by atoms with Gasteiger partial charge in [0.25, 0.3) is 0 Å². The minimum Gasteiger partial charge on any atom is -0.381 e. The molecule has 3 aliphatic rings. The Balaban J connectivity index is 1.34. The summed E-state index contributed by atoms with van der Waals surface area (Å²) in [5, 5.41) is 1.52. The first-order valence-electron chi connectivity index (χ1n) is 8.80. The lowest BCUT2D eigenvalue weighted by molar-refractivity contribution is 0.134. The van der Waals surface area contributed by atoms with Crippen LogP contribution < -0.4 is 0 Å². The van der Waals surface area contributed by atoms with Crippen LogP contribution in [0.3, 0.4) is 0 Å². The zero-order chi connectivity index (χ0) is 14.8. The highest BCUT2D eigenvalue weighted by Gasteiger charge is 2.32. The maximum absolute atomic E-state index is 5.62. The Kier molecular flexibility index (Phi) is 4.69. The fourth-order valence-electron chi connectivity index (χ4n) is 4.23. The van der Waals surface area contributed by atoms with Crippen LogP contribution in [0.4, 0.5) is 0 Å². The molecule has 0 spiro atoms. The highest BCUT2D eigenvalue weighted by atomic mass is 32.2. The predicted molar refractivity (Wildman–Crippen MR) is 91.3 cm³/mol. The summed E-state index contributed by atoms with van der Waals surface area (Å²) in [5.74, 6) is 0. The normalized spacial score (nSPS) is 32.8. The van der Waals surface area contributed by atoms with Crippen molar-refractivity contribution >= 4 is 11.8 Å². The van der Waals surface area contributed by atoms with Crippen molar-refractivity contribution in [1.29, 1.82) is 0 Å². The summed E-state index contributed by atoms with van der Waals surface area (Å²) >= 11 is 2.23. The molecule has 3 nitrogen and oxygen atoms in total. The Bertz CT molecular complexity index is 502. The molecule has 22 heavy (non-hydrogen) atoms. The summed E-state index contributed by atoms with van der Waals surface area (Å²) in [6.45, 7) is 4.50. The Morgan fingerprint density at radius 1 is 1.18 bits per heavy atom. The molecule has 0 aromatic carbocycles. The number of hydrogen-bond acceptors (Lipinski definition) is 4. The molecule has 0 amide bonds. The molecular formula is C18H26N2OS. The summed E-state index contributed by atoms with van der Waals surface area (Å²) in [6, 6.07) is 3.02. The molecule has 0 bridgehead atoms. The van der Waals surface area contributed by atoms with Gasteiger partial charge >= 0.3 is 0 Å². The fraction of sp³-hybridized carbons (Fsp3) is 0.722. The van der Waals surface area contributed by atoms with E-state index in [-0.39, 0.29) is 0 Å². The van der Waals surface area contributed by atoms with E-state index in [1.54, 1.807) is 5.56 Å². The standard InChI is InChI=1S/C18H26N2OS/c1-2-15(7-11-21-10-1)20-9-6-16(13-20)22-18-4-3-14-12-19-8-5-17(14)18/h5,8,12,15-16,18H,1-4,6-7,9-11,13H2/t15?,16-,18?/m1/s1. The van der Waals surface area contributed by atoms with Gasteiger partial charge in [0.1, 0.15) is 0 Å². The van der Waals surface area contributed by atoms with Gasteiger partial charge in [0, 0.05) is 48.7 Å². The minimum atomic E-state index is 0.709. The van der Waals surface area contributed by atoms with E-state index in [1.807, 2.05) is 6.20 Å². The van der Waals surface area contributed by atoms with Crippen LogP contribution in [0, 0.1) is 0 Å². The molecule has 4 heteroatoms. The van der Waals surface area contributed by atoms with Crippen LogP contribution in [0.15, 0.2) is 18.5 Å². The fourth-order valence-corrected chi connectivity index (χ4v) is 5.84. The minimum absolute atomic E-state index is 0.709. The Hall–Kier alpha value is -0.580. The maximum atomic E-state index is 5.62. The Labute approximate surface area is 137 Å². The first-order chi connectivity index (χ1) is 10.9. The van der Waals surface area contributed by atoms with Crippen molar-refractivity contribution in [2.75, 3.05) is 26.3 Å². The van der Waals surface area contributed by atoms with Crippen molar-refractivity contribution in [1.82, 2.24) is 9.88 Å². The number of aryl methyl sites for hydroxylation is 1. The summed E-state index contributed by atoms with van der Waals surface area (Å²) < 4.78 is 5.62. The summed E-state index contributed by atoms with van der Waals surface area (Å²) in [6.07, 6.45) is 11.7. The number of aromatic nitrogens is 1. The van der Waals surface area contributed by atoms with Crippen molar-refractivity contribution in [2.24, 2.45) is 0 Å². The number of fused-ring (bicyclic) bond motifs is 1. The quantitative estimate of drug-likeness (QED) is 0.852. The van der Waals surface area contributed by atoms with Crippen LogP contribution in [-0.2, 0) is 11.2 Å². The van der Waals surface area contributed by atoms with Crippen molar-refractivity contribution in [3.8, 4) is 0 Å². The third kappa shape index (κ3) is 3.19. The molecule has 1 aromatic heterocycles. The van der Waals surface area contributed by atoms with E-state index in [2.05, 4.69) is 33.9 Å². The number of nitrogens with zero attached hydrogens (tertiary/aromatic N) is 2. The smallest absolute Gasteiger partial charge is 0.0480 e. The summed E-state index contributed by atoms with van der Waals surface area (Å²) in [5.41, 5.74) is 3.04. The second-order valence-electron chi connectivity index (χ2n) is 6.84. The molecule has 0 saturated carbocycles. The molecule has 0 N–H and O–H groups in total. The number of hydrogen-bond donors (Lipinski definition) is 0. The largest absolute Gasteiger partial charge is 0.381 e. The first-order valence-corrected chi connectivity index (χ1v) is 9.74. The van der Waals surface area contributed by atoms with Crippen molar-refractivity contribution in [3.63, 3.8) is 0 Å². The van der Waals surface area contributed by atoms with Crippen LogP contribution in [0.5, 0.6) is 0 Å². The van der Waals surface area contributed by atoms with Gasteiger partial charge in [-0.25, -0.2) is 0 Å². The van der Waals surface area contributed by atoms with E-state index in [1.165, 1.54) is 57.2 Å². The number of ether oxygens (including phenoxy) is 1. The van der Waals surface area contributed by atoms with E-state index in [4.69, 9.17) is 4.74 Å². The average molecular weight is 318 g/mol. The van der Waals surface area contributed by atoms with Crippen molar-refractivity contribution < 1.29 is 4.74 Å². The molecule has 2 fully saturated rings. The van der Waals surface area contributed by atoms with Crippen molar-refractivity contribution in [3.05, 3.63) is 29.6 Å². The monoisotopic (exact) mass is 318 g/mol. The number of likely N-dealkylation sites (tertiary alicyclic amines) is 1. The lowest BCUT2D eigenvalue weighted by Gasteiger charge is -2.26. The summed E-state index contributed by atoms with van der Waals surface area (Å²) in [4.78, 5) is 7.02. The molecule has 2 unspecified atom stereocenters. The zero-order valence-electron chi connectivity index (χ0n) is 13.2. The molecular weight excluding hydrogens is 292 g/mol. The Morgan fingerprint density at radius 2 is 2.18 bits per heavy atom. The SMILES string of the molecule is c1cc2c(cn1)CCC2S[C@@H]1CCN(C2CCCOCC2)C1. The van der Waals surface area contributed by atoms with Gasteiger partial charge in [-0.05, 0) is 62.3 Å². The third-order valence-corrected chi connectivity index (χ3v) is 7.02. The number of rotatable bonds is 3. The maximum Gasteiger partial charge on any atom is 0.0480 e. The van der Waals surface area contributed by atoms with Gasteiger partial charge in [0.05, 0.1) is 0 Å². The van der Waals surface area contributed by atoms with E-state index >= 15 is 0 Å². The second kappa shape index (κ2) is 6.90. The van der Waals surface area contributed by atoms with Gasteiger partial charge in [-0.1, -0.05) is 0 Å². The highest BCUT2D eigenvalue weighted by Crippen LogP contribution is 2.44. The molecule has 3 atom stereocenters. The highest BCUT2D eigenvalue weighted by molar-refractivity contribution is 8.00. The number of thioether (sulfide) groups is 1. The van der Waals surface area contributed by atoms with Crippen molar-refractivity contribution in [2.45, 2.75) is 55.1 Å². The molecule has 1 aliphatic carbocycles. The summed E-state index contributed by atoms with van der Waals surface area (Å²) in [7, 11) is 0. The van der Waals surface area contributed by atoms with Crippen LogP contribution in [0.2, 0.25) is 0 Å². The zero-order valence-corrected chi connectivity index (χ0v) is 14.1. The topological polar surface area (TPSA) is 25.4 Å². The van der Waals surface area contributed by atoms with E-state index in [0.29, 0.717) is 5.25 Å². The first kappa shape index (κ1) is 15.0. The van der Waals surface area contributed by atoms with Gasteiger partial charge < -0.3 is 4.74 Å². The van der Waals surface area contributed by atoms with E-state index < -0.39 is 0 Å². The molecule has 120 valence electrons. The molecule has 2 saturated heterocycles. The van der Waals surface area contributed by atoms with Gasteiger partial charge in [-0.3, -0.25) is 9.88 Å². The van der Waals surface area contributed by atoms with Gasteiger partial charge in [-0.2, -0.15) is 0 Å². The Morgan fingerprint density at radius 3 is 3.18 bits per heavy atom. The van der Waals surface area contributed by atoms with E-state index in [0.717, 1.165) is 24.5 Å². The lowest BCUT2D eigenvalue weighted by Crippen LogP contribution is -2.34. The van der Waals surface area contributed by atoms with E-state index in [9.17, 15) is 0 Å². The lowest BCUT2D eigenvalue weighted by atomic mass is 10.1. The molecule has 0 radical (unpaired) electrons. The van der Waals surface area contributed by atoms with Gasteiger partial charge in [0.15, 0.2) is 0 Å². The van der Waals surface area contributed by atoms with Gasteiger partial charge in [0.2, 0.25) is 0 Å². The number of pyridine rings is 1. The van der Waals surface area contributed by atoms with Crippen LogP contribution in [0.1, 0.15) is 48.5 Å². The third-order valence-electron chi connectivity index (χ3n) is 5.44. The average Bonchev–Trinajstić information content (AvgIpc) is 3.08. The molecule has 4 rings (SSSR count). The predicted octanol–water partition coefficient (Wildman–Crippen LogP) is 3.45.